The van der Waals surface area contributed by atoms with Crippen LogP contribution in [-0.2, 0) is 0 Å². The second-order valence-electron chi connectivity index (χ2n) is 21.0. The maximum atomic E-state index is 9.80. The first-order chi connectivity index (χ1) is 18.6. The van der Waals surface area contributed by atoms with Crippen molar-refractivity contribution in [1.29, 1.82) is 0 Å². The van der Waals surface area contributed by atoms with Crippen LogP contribution in [0.25, 0.3) is 0 Å². The Labute approximate surface area is 285 Å². The molecule has 4 nitrogen and oxygen atoms in total. The van der Waals surface area contributed by atoms with Gasteiger partial charge in [0.15, 0.2) is 0 Å². The molecule has 43 heavy (non-hydrogen) atoms. The van der Waals surface area contributed by atoms with Crippen molar-refractivity contribution in [2.45, 2.75) is 213 Å². The molecule has 3 saturated heterocycles. The Morgan fingerprint density at radius 3 is 0.698 bits per heavy atom. The average molecular weight is 778 g/mol. The zero-order valence-corrected chi connectivity index (χ0v) is 39.8. The molecule has 3 aliphatic heterocycles. The summed E-state index contributed by atoms with van der Waals surface area (Å²) in [5.74, 6) is 0. The summed E-state index contributed by atoms with van der Waals surface area (Å²) in [6, 6.07) is 0. The normalized spacial score (nSPS) is 26.9. The van der Waals surface area contributed by atoms with Crippen molar-refractivity contribution in [3.63, 3.8) is 0 Å². The van der Waals surface area contributed by atoms with Crippen LogP contribution in [0.1, 0.15) is 107 Å². The third-order valence-corrected chi connectivity index (χ3v) is 65.0. The molecule has 2 radical (unpaired) electrons. The van der Waals surface area contributed by atoms with Gasteiger partial charge < -0.3 is 10.4 Å². The summed E-state index contributed by atoms with van der Waals surface area (Å²) < 4.78 is 1.87. The van der Waals surface area contributed by atoms with Crippen LogP contribution >= 0.6 is 0 Å². The zero-order chi connectivity index (χ0) is 34.5. The Bertz CT molecular complexity index is 791. The van der Waals surface area contributed by atoms with Gasteiger partial charge in [-0.15, -0.1) is 0 Å². The van der Waals surface area contributed by atoms with E-state index in [2.05, 4.69) is 134 Å². The Hall–Kier alpha value is 1.51. The van der Waals surface area contributed by atoms with Gasteiger partial charge in [0.1, 0.15) is 0 Å². The molecule has 3 aliphatic rings. The minimum atomic E-state index is -1.07. The van der Waals surface area contributed by atoms with Crippen LogP contribution < -0.4 is 0 Å². The minimum absolute atomic E-state index is 0.0399. The van der Waals surface area contributed by atoms with E-state index in [-0.39, 0.29) is 43.3 Å². The van der Waals surface area contributed by atoms with E-state index in [1.54, 1.807) is 12.8 Å². The van der Waals surface area contributed by atoms with Crippen LogP contribution in [0.3, 0.4) is 0 Å². The van der Waals surface area contributed by atoms with E-state index >= 15 is 0 Å². The van der Waals surface area contributed by atoms with E-state index in [4.69, 9.17) is 0 Å². The van der Waals surface area contributed by atoms with E-state index in [0.717, 1.165) is 31.0 Å². The molecule has 0 aromatic rings. The van der Waals surface area contributed by atoms with Crippen LogP contribution in [0.4, 0.5) is 0 Å². The number of hydroxylamine groups is 4. The molecule has 2 N–H and O–H groups in total. The predicted molar refractivity (Wildman–Crippen MR) is 205 cm³/mol. The summed E-state index contributed by atoms with van der Waals surface area (Å²) in [6.45, 7) is 49.4. The molecule has 0 aliphatic carbocycles. The Morgan fingerprint density at radius 1 is 0.395 bits per heavy atom. The van der Waals surface area contributed by atoms with Gasteiger partial charge in [-0.1, -0.05) is 0 Å². The summed E-state index contributed by atoms with van der Waals surface area (Å²) in [6.07, 6.45) is 10.1. The molecule has 0 bridgehead atoms. The standard InChI is InChI=1S/C16H40Si4.2C9H19NO.Sn/c1-17(2,3)15(18(4,5)6)13-14-16(19(7,8)9)20(10,11)12;2*1-8(2)6-5-7-9(3,4)10(8)11;/h13-14H2,1-12H3;2*11H,5-7H2,1-4H3;. The van der Waals surface area contributed by atoms with Crippen LogP contribution in [0.5, 0.6) is 0 Å². The Kier molecular flexibility index (Phi) is 13.3. The molecule has 3 fully saturated rings. The number of piperidine rings is 2. The van der Waals surface area contributed by atoms with Gasteiger partial charge in [0, 0.05) is 22.2 Å². The van der Waals surface area contributed by atoms with Gasteiger partial charge in [-0.25, -0.2) is 0 Å². The number of rotatable bonds is 4. The van der Waals surface area contributed by atoms with Gasteiger partial charge in [0.25, 0.3) is 0 Å². The first-order valence-corrected chi connectivity index (χ1v) is 34.3. The number of nitrogens with zero attached hydrogens (tertiary/aromatic N) is 2. The maximum absolute atomic E-state index is 9.80. The molecular weight excluding hydrogens is 699 g/mol. The van der Waals surface area contributed by atoms with Gasteiger partial charge in [0.05, 0.1) is 0 Å². The van der Waals surface area contributed by atoms with Crippen molar-refractivity contribution >= 4 is 53.4 Å². The molecular formula is C34H78N2O2Si4Sn. The van der Waals surface area contributed by atoms with E-state index in [1.165, 1.54) is 23.0 Å². The van der Waals surface area contributed by atoms with Gasteiger partial charge in [-0.2, -0.15) is 10.1 Å². The van der Waals surface area contributed by atoms with Crippen molar-refractivity contribution in [2.24, 2.45) is 0 Å². The summed E-state index contributed by atoms with van der Waals surface area (Å²) in [4.78, 5) is 0. The molecule has 9 heteroatoms. The molecule has 3 rings (SSSR count). The molecule has 0 aromatic heterocycles. The predicted octanol–water partition coefficient (Wildman–Crippen LogP) is 11.1. The fraction of sp³-hybridized carbons (Fsp3) is 1.00. The second-order valence-corrected chi connectivity index (χ2v) is 54.7. The number of hydrogen-bond donors (Lipinski definition) is 2. The summed E-state index contributed by atoms with van der Waals surface area (Å²) in [5, 5.41) is 22.6. The quantitative estimate of drug-likeness (QED) is 0.279. The van der Waals surface area contributed by atoms with Crippen LogP contribution in [0, 0.1) is 0 Å². The van der Waals surface area contributed by atoms with E-state index in [0.29, 0.717) is 0 Å². The summed E-state index contributed by atoms with van der Waals surface area (Å²) in [5.41, 5.74) is -0.160. The first-order valence-electron chi connectivity index (χ1n) is 17.4. The first kappa shape index (κ1) is 42.5. The fourth-order valence-electron chi connectivity index (χ4n) is 9.33. The Morgan fingerprint density at radius 2 is 0.581 bits per heavy atom. The van der Waals surface area contributed by atoms with Crippen molar-refractivity contribution < 1.29 is 10.4 Å². The van der Waals surface area contributed by atoms with Crippen molar-refractivity contribution in [3.8, 4) is 0 Å². The fourth-order valence-corrected chi connectivity index (χ4v) is 57.8. The van der Waals surface area contributed by atoms with Gasteiger partial charge in [0.2, 0.25) is 0 Å². The van der Waals surface area contributed by atoms with Crippen molar-refractivity contribution in [1.82, 2.24) is 10.1 Å². The SMILES string of the molecule is CC1(C)CCCC(C)(C)N1O.CC1(C)CCCC(C)(C)N1O.C[Si](C)(C)[C]1([Si](C)(C)C)CC[C]([Si](C)(C)C)([Si](C)(C)C)[Sn]1. The van der Waals surface area contributed by atoms with Crippen LogP contribution in [0.15, 0.2) is 0 Å². The summed E-state index contributed by atoms with van der Waals surface area (Å²) >= 11 is -0.375. The third kappa shape index (κ3) is 9.15. The summed E-state index contributed by atoms with van der Waals surface area (Å²) in [7, 11) is -4.30. The molecule has 0 unspecified atom stereocenters. The van der Waals surface area contributed by atoms with Crippen molar-refractivity contribution in [2.75, 3.05) is 0 Å². The second kappa shape index (κ2) is 13.4. The Balaban J connectivity index is 0.000000353. The molecule has 256 valence electrons. The van der Waals surface area contributed by atoms with Gasteiger partial charge in [-0.05, 0) is 93.9 Å². The van der Waals surface area contributed by atoms with E-state index < -0.39 is 32.3 Å². The van der Waals surface area contributed by atoms with Crippen LogP contribution in [0.2, 0.25) is 83.9 Å². The molecule has 0 atom stereocenters. The zero-order valence-electron chi connectivity index (χ0n) is 32.9. The van der Waals surface area contributed by atoms with E-state index in [1.807, 2.05) is 0 Å². The van der Waals surface area contributed by atoms with E-state index in [9.17, 15) is 10.4 Å². The molecule has 0 spiro atoms. The molecule has 0 amide bonds. The molecule has 0 aromatic carbocycles. The topological polar surface area (TPSA) is 46.9 Å². The van der Waals surface area contributed by atoms with Gasteiger partial charge in [-0.3, -0.25) is 0 Å². The van der Waals surface area contributed by atoms with Crippen LogP contribution in [-0.4, -0.2) is 96.1 Å². The monoisotopic (exact) mass is 778 g/mol. The molecule has 0 saturated carbocycles. The third-order valence-electron chi connectivity index (χ3n) is 11.9. The number of hydrogen-bond acceptors (Lipinski definition) is 4. The van der Waals surface area contributed by atoms with Gasteiger partial charge >= 0.3 is 150 Å². The average Bonchev–Trinajstić information content (AvgIpc) is 3.21. The van der Waals surface area contributed by atoms with Crippen molar-refractivity contribution in [3.05, 3.63) is 0 Å². The molecule has 3 heterocycles.